The highest BCUT2D eigenvalue weighted by atomic mass is 35.5. The maximum Gasteiger partial charge on any atom is 0.0991 e. The van der Waals surface area contributed by atoms with Crippen LogP contribution in [0.1, 0.15) is 41.5 Å². The second-order valence-electron chi connectivity index (χ2n) is 4.98. The van der Waals surface area contributed by atoms with Crippen LogP contribution in [0.2, 0.25) is 0 Å². The zero-order valence-corrected chi connectivity index (χ0v) is 12.7. The molecule has 0 amide bonds. The normalized spacial score (nSPS) is 15.4. The summed E-state index contributed by atoms with van der Waals surface area (Å²) in [7, 11) is 0. The van der Waals surface area contributed by atoms with Gasteiger partial charge in [-0.15, -0.1) is 23.5 Å². The van der Waals surface area contributed by atoms with Crippen LogP contribution in [0.5, 0.6) is 0 Å². The number of rotatable bonds is 2. The Kier molecular flexibility index (Phi) is 5.77. The third kappa shape index (κ3) is 8.34. The molecule has 0 nitrogen and oxygen atoms in total. The minimum absolute atomic E-state index is 0.107. The van der Waals surface area contributed by atoms with Gasteiger partial charge in [-0.1, -0.05) is 64.7 Å². The fraction of sp³-hybridized carbons (Fsp3) is 0.800. The van der Waals surface area contributed by atoms with Crippen LogP contribution in [0.3, 0.4) is 0 Å². The molecule has 0 saturated heterocycles. The predicted molar refractivity (Wildman–Crippen MR) is 73.4 cm³/mol. The minimum Gasteiger partial charge on any atom is -0.106 e. The van der Waals surface area contributed by atoms with E-state index < -0.39 is 0 Å². The first-order valence-corrected chi connectivity index (χ1v) is 6.83. The van der Waals surface area contributed by atoms with E-state index in [1.807, 2.05) is 0 Å². The summed E-state index contributed by atoms with van der Waals surface area (Å²) < 4.78 is 1.60. The summed E-state index contributed by atoms with van der Waals surface area (Å²) in [5, 5.41) is 0. The number of thioether (sulfide) groups is 2. The minimum atomic E-state index is 0.107. The van der Waals surface area contributed by atoms with Crippen molar-refractivity contribution in [3.05, 3.63) is 8.73 Å². The molecule has 0 spiro atoms. The van der Waals surface area contributed by atoms with E-state index in [1.54, 1.807) is 23.5 Å². The van der Waals surface area contributed by atoms with Crippen molar-refractivity contribution >= 4 is 46.7 Å². The lowest BCUT2D eigenvalue weighted by atomic mass is 10.3. The van der Waals surface area contributed by atoms with Crippen molar-refractivity contribution in [2.45, 2.75) is 51.0 Å². The van der Waals surface area contributed by atoms with Crippen LogP contribution in [-0.2, 0) is 0 Å². The Balaban J connectivity index is 4.45. The summed E-state index contributed by atoms with van der Waals surface area (Å²) in [6.07, 6.45) is 0. The van der Waals surface area contributed by atoms with E-state index in [1.165, 1.54) is 0 Å². The highest BCUT2D eigenvalue weighted by molar-refractivity contribution is 8.09. The van der Waals surface area contributed by atoms with Crippen molar-refractivity contribution in [2.75, 3.05) is 0 Å². The zero-order chi connectivity index (χ0) is 11.6. The topological polar surface area (TPSA) is 0 Å². The Morgan fingerprint density at radius 3 is 1.07 bits per heavy atom. The Morgan fingerprint density at radius 1 is 0.714 bits per heavy atom. The standard InChI is InChI=1S/C10H18Cl2S2/c1-9(2,3)13-7(11)8(12)14-10(4,5)6/h1-6H3/b8-7+. The quantitative estimate of drug-likeness (QED) is 0.637. The molecule has 0 aromatic carbocycles. The van der Waals surface area contributed by atoms with E-state index in [2.05, 4.69) is 41.5 Å². The lowest BCUT2D eigenvalue weighted by molar-refractivity contribution is 0.805. The predicted octanol–water partition coefficient (Wildman–Crippen LogP) is 5.65. The summed E-state index contributed by atoms with van der Waals surface area (Å²) in [6.45, 7) is 12.7. The van der Waals surface area contributed by atoms with Crippen molar-refractivity contribution in [2.24, 2.45) is 0 Å². The summed E-state index contributed by atoms with van der Waals surface area (Å²) in [5.41, 5.74) is 0. The van der Waals surface area contributed by atoms with E-state index in [0.29, 0.717) is 8.73 Å². The Bertz CT molecular complexity index is 197. The molecule has 14 heavy (non-hydrogen) atoms. The first-order chi connectivity index (χ1) is 6.01. The molecule has 0 aromatic rings. The lowest BCUT2D eigenvalue weighted by Gasteiger charge is -2.20. The molecule has 0 radical (unpaired) electrons. The van der Waals surface area contributed by atoms with Gasteiger partial charge in [0.15, 0.2) is 0 Å². The van der Waals surface area contributed by atoms with Gasteiger partial charge in [-0.05, 0) is 0 Å². The van der Waals surface area contributed by atoms with Crippen molar-refractivity contribution in [3.63, 3.8) is 0 Å². The van der Waals surface area contributed by atoms with Gasteiger partial charge < -0.3 is 0 Å². The van der Waals surface area contributed by atoms with Crippen molar-refractivity contribution in [1.82, 2.24) is 0 Å². The van der Waals surface area contributed by atoms with Crippen molar-refractivity contribution in [3.8, 4) is 0 Å². The molecule has 4 heteroatoms. The maximum atomic E-state index is 6.11. The molecule has 0 saturated carbocycles. The van der Waals surface area contributed by atoms with Gasteiger partial charge >= 0.3 is 0 Å². The van der Waals surface area contributed by atoms with Crippen LogP contribution < -0.4 is 0 Å². The average Bonchev–Trinajstić information content (AvgIpc) is 1.78. The summed E-state index contributed by atoms with van der Waals surface area (Å²) >= 11 is 15.4. The molecule has 0 atom stereocenters. The molecule has 0 bridgehead atoms. The van der Waals surface area contributed by atoms with Gasteiger partial charge in [0.05, 0.1) is 8.73 Å². The Morgan fingerprint density at radius 2 is 0.929 bits per heavy atom. The SMILES string of the molecule is CC(C)(C)S/C(Cl)=C(\Cl)SC(C)(C)C. The molecular weight excluding hydrogens is 255 g/mol. The van der Waals surface area contributed by atoms with Crippen LogP contribution in [0, 0.1) is 0 Å². The fourth-order valence-electron chi connectivity index (χ4n) is 0.618. The molecule has 0 rings (SSSR count). The van der Waals surface area contributed by atoms with Crippen molar-refractivity contribution < 1.29 is 0 Å². The molecule has 0 aliphatic carbocycles. The molecule has 84 valence electrons. The van der Waals surface area contributed by atoms with Gasteiger partial charge in [0.1, 0.15) is 0 Å². The van der Waals surface area contributed by atoms with Crippen LogP contribution in [0.15, 0.2) is 8.73 Å². The summed E-state index contributed by atoms with van der Waals surface area (Å²) in [4.78, 5) is 0. The molecule has 0 unspecified atom stereocenters. The molecule has 0 heterocycles. The van der Waals surface area contributed by atoms with E-state index in [9.17, 15) is 0 Å². The van der Waals surface area contributed by atoms with Crippen LogP contribution in [0.4, 0.5) is 0 Å². The van der Waals surface area contributed by atoms with Gasteiger partial charge in [-0.2, -0.15) is 0 Å². The second-order valence-corrected chi connectivity index (χ2v) is 9.85. The van der Waals surface area contributed by atoms with Gasteiger partial charge in [0.25, 0.3) is 0 Å². The smallest absolute Gasteiger partial charge is 0.0991 e. The first kappa shape index (κ1) is 15.0. The highest BCUT2D eigenvalue weighted by Gasteiger charge is 2.19. The molecule has 0 aromatic heterocycles. The third-order valence-corrected chi connectivity index (χ3v) is 4.23. The Labute approximate surface area is 106 Å². The molecule has 0 aliphatic heterocycles. The van der Waals surface area contributed by atoms with Gasteiger partial charge in [0, 0.05) is 9.49 Å². The van der Waals surface area contributed by atoms with Gasteiger partial charge in [0.2, 0.25) is 0 Å². The molecule has 0 aliphatic rings. The fourth-order valence-corrected chi connectivity index (χ4v) is 3.72. The second kappa shape index (κ2) is 5.38. The summed E-state index contributed by atoms with van der Waals surface area (Å²) in [6, 6.07) is 0. The van der Waals surface area contributed by atoms with E-state index in [4.69, 9.17) is 23.2 Å². The average molecular weight is 273 g/mol. The van der Waals surface area contributed by atoms with Crippen LogP contribution in [-0.4, -0.2) is 9.49 Å². The van der Waals surface area contributed by atoms with Crippen LogP contribution >= 0.6 is 46.7 Å². The van der Waals surface area contributed by atoms with Crippen LogP contribution in [0.25, 0.3) is 0 Å². The van der Waals surface area contributed by atoms with E-state index >= 15 is 0 Å². The Hall–Kier alpha value is 1.02. The van der Waals surface area contributed by atoms with Gasteiger partial charge in [-0.3, -0.25) is 0 Å². The summed E-state index contributed by atoms with van der Waals surface area (Å²) in [5.74, 6) is 0. The molecule has 0 fully saturated rings. The lowest BCUT2D eigenvalue weighted by Crippen LogP contribution is -2.08. The maximum absolute atomic E-state index is 6.11. The zero-order valence-electron chi connectivity index (χ0n) is 9.57. The number of hydrogen-bond donors (Lipinski definition) is 0. The number of hydrogen-bond acceptors (Lipinski definition) is 2. The van der Waals surface area contributed by atoms with E-state index in [0.717, 1.165) is 0 Å². The molecule has 0 N–H and O–H groups in total. The van der Waals surface area contributed by atoms with E-state index in [-0.39, 0.29) is 9.49 Å². The monoisotopic (exact) mass is 272 g/mol. The first-order valence-electron chi connectivity index (χ1n) is 4.44. The van der Waals surface area contributed by atoms with Crippen molar-refractivity contribution in [1.29, 1.82) is 0 Å². The van der Waals surface area contributed by atoms with Gasteiger partial charge in [-0.25, -0.2) is 0 Å². The third-order valence-electron chi connectivity index (χ3n) is 0.946. The largest absolute Gasteiger partial charge is 0.106 e. The number of halogens is 2. The highest BCUT2D eigenvalue weighted by Crippen LogP contribution is 2.43. The molecular formula is C10H18Cl2S2.